The Balaban J connectivity index is 1.58. The summed E-state index contributed by atoms with van der Waals surface area (Å²) < 4.78 is 54.8. The Morgan fingerprint density at radius 3 is 2.27 bits per heavy atom. The Hall–Kier alpha value is -5.05. The molecule has 0 fully saturated rings. The fraction of sp³-hybridized carbons (Fsp3) is 0.0968. The maximum atomic E-state index is 15.0. The number of anilines is 1. The summed E-state index contributed by atoms with van der Waals surface area (Å²) in [5, 5.41) is 3.13. The highest BCUT2D eigenvalue weighted by Gasteiger charge is 2.24. The molecular formula is C31H22F3N3O3. The minimum Gasteiger partial charge on any atom is -0.455 e. The van der Waals surface area contributed by atoms with Crippen molar-refractivity contribution in [3.63, 3.8) is 0 Å². The number of halogens is 3. The van der Waals surface area contributed by atoms with Gasteiger partial charge in [-0.3, -0.25) is 4.79 Å². The van der Waals surface area contributed by atoms with Crippen LogP contribution in [0.2, 0.25) is 0 Å². The van der Waals surface area contributed by atoms with Crippen molar-refractivity contribution < 1.29 is 26.8 Å². The van der Waals surface area contributed by atoms with Crippen molar-refractivity contribution in [2.75, 3.05) is 26.0 Å². The lowest BCUT2D eigenvalue weighted by Gasteiger charge is -2.18. The summed E-state index contributed by atoms with van der Waals surface area (Å²) >= 11 is 0. The van der Waals surface area contributed by atoms with Crippen LogP contribution in [0.3, 0.4) is 0 Å². The number of para-hydroxylation sites is 1. The van der Waals surface area contributed by atoms with Gasteiger partial charge in [-0.1, -0.05) is 6.07 Å². The molecule has 6 rings (SSSR count). The van der Waals surface area contributed by atoms with Gasteiger partial charge in [-0.15, -0.1) is 0 Å². The van der Waals surface area contributed by atoms with Gasteiger partial charge in [0.25, 0.3) is 5.91 Å². The predicted molar refractivity (Wildman–Crippen MR) is 148 cm³/mol. The molecule has 1 N–H and O–H groups in total. The van der Waals surface area contributed by atoms with Crippen molar-refractivity contribution in [1.82, 2.24) is 10.3 Å². The highest BCUT2D eigenvalue weighted by Crippen LogP contribution is 2.41. The standard InChI is InChI=1S/C31H22F3N3O3/c1-35-30(38)27-22-14-21(24(37(2)3)15-26(22)39-29(27)16-7-9-19(32)10-8-16)17-11-18(13-20(33)12-17)31-36-28-23(34)5-4-6-25(28)40-31/h4-15H,1-3H3,(H,35,38). The summed E-state index contributed by atoms with van der Waals surface area (Å²) in [6.45, 7) is 0. The first kappa shape index (κ1) is 25.2. The number of amides is 1. The third-order valence-corrected chi connectivity index (χ3v) is 6.67. The zero-order valence-electron chi connectivity index (χ0n) is 21.7. The number of hydrogen-bond acceptors (Lipinski definition) is 5. The van der Waals surface area contributed by atoms with Crippen molar-refractivity contribution in [3.05, 3.63) is 95.8 Å². The zero-order chi connectivity index (χ0) is 28.1. The number of rotatable bonds is 5. The van der Waals surface area contributed by atoms with Crippen molar-refractivity contribution in [3.8, 4) is 33.9 Å². The van der Waals surface area contributed by atoms with Crippen LogP contribution in [0.5, 0.6) is 0 Å². The molecule has 200 valence electrons. The molecule has 0 unspecified atom stereocenters. The molecular weight excluding hydrogens is 519 g/mol. The monoisotopic (exact) mass is 541 g/mol. The van der Waals surface area contributed by atoms with E-state index in [1.54, 1.807) is 24.3 Å². The Morgan fingerprint density at radius 2 is 1.57 bits per heavy atom. The van der Waals surface area contributed by atoms with Gasteiger partial charge in [0.05, 0.1) is 5.56 Å². The van der Waals surface area contributed by atoms with E-state index in [9.17, 15) is 13.6 Å². The molecule has 0 spiro atoms. The molecule has 6 aromatic rings. The van der Waals surface area contributed by atoms with E-state index in [-0.39, 0.29) is 28.3 Å². The van der Waals surface area contributed by atoms with E-state index in [2.05, 4.69) is 10.3 Å². The number of aromatic nitrogens is 1. The largest absolute Gasteiger partial charge is 0.455 e. The number of nitrogens with zero attached hydrogens (tertiary/aromatic N) is 2. The van der Waals surface area contributed by atoms with Crippen LogP contribution in [-0.4, -0.2) is 32.0 Å². The Labute approximate surface area is 226 Å². The van der Waals surface area contributed by atoms with Gasteiger partial charge in [0.1, 0.15) is 28.5 Å². The number of benzene rings is 4. The Morgan fingerprint density at radius 1 is 0.825 bits per heavy atom. The minimum absolute atomic E-state index is 0.0562. The third-order valence-electron chi connectivity index (χ3n) is 6.67. The molecule has 6 nitrogen and oxygen atoms in total. The summed E-state index contributed by atoms with van der Waals surface area (Å²) in [5.74, 6) is -1.54. The lowest BCUT2D eigenvalue weighted by molar-refractivity contribution is 0.0964. The molecule has 0 saturated carbocycles. The maximum Gasteiger partial charge on any atom is 0.255 e. The van der Waals surface area contributed by atoms with E-state index in [0.29, 0.717) is 38.9 Å². The van der Waals surface area contributed by atoms with E-state index in [1.807, 2.05) is 19.0 Å². The van der Waals surface area contributed by atoms with Gasteiger partial charge in [0.15, 0.2) is 11.4 Å². The van der Waals surface area contributed by atoms with E-state index in [4.69, 9.17) is 8.83 Å². The van der Waals surface area contributed by atoms with E-state index < -0.39 is 23.4 Å². The van der Waals surface area contributed by atoms with Gasteiger partial charge < -0.3 is 19.1 Å². The van der Waals surface area contributed by atoms with Crippen LogP contribution in [-0.2, 0) is 0 Å². The zero-order valence-corrected chi connectivity index (χ0v) is 21.7. The topological polar surface area (TPSA) is 71.5 Å². The smallest absolute Gasteiger partial charge is 0.255 e. The average Bonchev–Trinajstić information content (AvgIpc) is 3.54. The SMILES string of the molecule is CNC(=O)c1c(-c2ccc(F)cc2)oc2cc(N(C)C)c(-c3cc(F)cc(-c4nc5c(F)cccc5o4)c3)cc12. The number of oxazole rings is 1. The van der Waals surface area contributed by atoms with E-state index in [0.717, 1.165) is 0 Å². The normalized spacial score (nSPS) is 11.3. The molecule has 0 radical (unpaired) electrons. The molecule has 40 heavy (non-hydrogen) atoms. The van der Waals surface area contributed by atoms with Crippen LogP contribution < -0.4 is 10.2 Å². The first-order chi connectivity index (χ1) is 19.2. The van der Waals surface area contributed by atoms with E-state index >= 15 is 4.39 Å². The first-order valence-corrected chi connectivity index (χ1v) is 12.4. The van der Waals surface area contributed by atoms with Gasteiger partial charge >= 0.3 is 0 Å². The van der Waals surface area contributed by atoms with Crippen molar-refractivity contribution >= 4 is 33.7 Å². The second kappa shape index (κ2) is 9.60. The van der Waals surface area contributed by atoms with Crippen LogP contribution in [0, 0.1) is 17.5 Å². The summed E-state index contributed by atoms with van der Waals surface area (Å²) in [7, 11) is 5.17. The molecule has 0 aliphatic carbocycles. The average molecular weight is 542 g/mol. The van der Waals surface area contributed by atoms with Gasteiger partial charge in [0.2, 0.25) is 5.89 Å². The number of carbonyl (C=O) groups excluding carboxylic acids is 1. The second-order valence-corrected chi connectivity index (χ2v) is 9.49. The lowest BCUT2D eigenvalue weighted by Crippen LogP contribution is -2.18. The Kier molecular flexibility index (Phi) is 6.06. The van der Waals surface area contributed by atoms with Gasteiger partial charge in [0, 0.05) is 55.0 Å². The third kappa shape index (κ3) is 4.25. The van der Waals surface area contributed by atoms with Gasteiger partial charge in [-0.25, -0.2) is 18.2 Å². The van der Waals surface area contributed by atoms with Crippen LogP contribution in [0.25, 0.3) is 56.0 Å². The minimum atomic E-state index is -0.550. The fourth-order valence-electron chi connectivity index (χ4n) is 4.80. The van der Waals surface area contributed by atoms with Crippen molar-refractivity contribution in [1.29, 1.82) is 0 Å². The van der Waals surface area contributed by atoms with E-state index in [1.165, 1.54) is 55.6 Å². The van der Waals surface area contributed by atoms with Gasteiger partial charge in [-0.05, 0) is 66.2 Å². The molecule has 0 saturated heterocycles. The molecule has 0 bridgehead atoms. The highest BCUT2D eigenvalue weighted by atomic mass is 19.1. The maximum absolute atomic E-state index is 15.0. The van der Waals surface area contributed by atoms with Crippen LogP contribution in [0.4, 0.5) is 18.9 Å². The summed E-state index contributed by atoms with van der Waals surface area (Å²) in [5.41, 5.74) is 3.63. The molecule has 4 aromatic carbocycles. The molecule has 0 atom stereocenters. The first-order valence-electron chi connectivity index (χ1n) is 12.4. The number of hydrogen-bond donors (Lipinski definition) is 1. The van der Waals surface area contributed by atoms with Crippen molar-refractivity contribution in [2.45, 2.75) is 0 Å². The summed E-state index contributed by atoms with van der Waals surface area (Å²) in [4.78, 5) is 19.1. The predicted octanol–water partition coefficient (Wildman–Crippen LogP) is 7.42. The van der Waals surface area contributed by atoms with Crippen LogP contribution in [0.1, 0.15) is 10.4 Å². The Bertz CT molecular complexity index is 1920. The van der Waals surface area contributed by atoms with Crippen LogP contribution in [0.15, 0.2) is 81.6 Å². The number of furan rings is 1. The van der Waals surface area contributed by atoms with Crippen molar-refractivity contribution in [2.24, 2.45) is 0 Å². The second-order valence-electron chi connectivity index (χ2n) is 9.49. The molecule has 1 amide bonds. The fourth-order valence-corrected chi connectivity index (χ4v) is 4.80. The van der Waals surface area contributed by atoms with Crippen LogP contribution >= 0.6 is 0 Å². The number of carbonyl (C=O) groups is 1. The molecule has 0 aliphatic rings. The molecule has 9 heteroatoms. The van der Waals surface area contributed by atoms with Gasteiger partial charge in [-0.2, -0.15) is 0 Å². The highest BCUT2D eigenvalue weighted by molar-refractivity contribution is 6.13. The number of nitrogens with one attached hydrogen (secondary N) is 1. The molecule has 2 aromatic heterocycles. The quantitative estimate of drug-likeness (QED) is 0.246. The molecule has 0 aliphatic heterocycles. The summed E-state index contributed by atoms with van der Waals surface area (Å²) in [6, 6.07) is 17.9. The number of fused-ring (bicyclic) bond motifs is 2. The molecule has 2 heterocycles. The summed E-state index contributed by atoms with van der Waals surface area (Å²) in [6.07, 6.45) is 0. The lowest BCUT2D eigenvalue weighted by atomic mass is 9.96.